The Morgan fingerprint density at radius 2 is 1.83 bits per heavy atom. The van der Waals surface area contributed by atoms with E-state index in [1.165, 1.54) is 22.8 Å². The summed E-state index contributed by atoms with van der Waals surface area (Å²) in [7, 11) is 0. The topological polar surface area (TPSA) is 150 Å². The molecule has 2 N–H and O–H groups in total. The van der Waals surface area contributed by atoms with Crippen molar-refractivity contribution in [1.82, 2.24) is 29.7 Å². The van der Waals surface area contributed by atoms with Gasteiger partial charge in [-0.1, -0.05) is 0 Å². The predicted octanol–water partition coefficient (Wildman–Crippen LogP) is 5.09. The van der Waals surface area contributed by atoms with E-state index in [0.717, 1.165) is 78.0 Å². The van der Waals surface area contributed by atoms with Crippen molar-refractivity contribution in [2.24, 2.45) is 16.1 Å². The number of hydrogen-bond donors (Lipinski definition) is 1. The number of thiophene rings is 1. The number of fused-ring (bicyclic) bond motifs is 3. The maximum atomic E-state index is 11.4. The molecule has 1 saturated heterocycles. The number of nitrogens with two attached hydrogens (primary N) is 1. The number of oxazole rings is 1. The number of aromatic nitrogens is 6. The standard InChI is InChI=1S/C34H35N9O3S/c1-19-20(2)47-32-28(19)29(39-25(16-27-36-12-15-45-27)31-41-40-21(3)43(31)32)22-4-6-24(7-5-22)46-26-8-9-34(26)10-13-42(14-11-34)33-37-17-23(18-38-33)30(35)44/h4-7,12,15,17-18,25-26H,8-11,13-14,16H2,1-3H3,(H2,35,44). The van der Waals surface area contributed by atoms with Gasteiger partial charge in [-0.3, -0.25) is 14.4 Å². The van der Waals surface area contributed by atoms with Crippen molar-refractivity contribution in [2.75, 3.05) is 18.0 Å². The largest absolute Gasteiger partial charge is 0.490 e. The number of carbonyl (C=O) groups is 1. The SMILES string of the molecule is Cc1sc2c(c1C)C(c1ccc(OC3CCC34CCN(c3ncc(C(N)=O)cn3)CC4)cc1)=NC(Cc1ncco1)c1nnc(C)n1-2. The van der Waals surface area contributed by atoms with Crippen LogP contribution in [0.1, 0.15) is 81.2 Å². The summed E-state index contributed by atoms with van der Waals surface area (Å²) in [6.07, 6.45) is 11.1. The van der Waals surface area contributed by atoms with Crippen LogP contribution in [0.3, 0.4) is 0 Å². The first-order valence-corrected chi connectivity index (χ1v) is 16.7. The first kappa shape index (κ1) is 29.5. The van der Waals surface area contributed by atoms with Crippen LogP contribution in [-0.4, -0.2) is 60.5 Å². The van der Waals surface area contributed by atoms with Crippen LogP contribution in [0.2, 0.25) is 0 Å². The average molecular weight is 650 g/mol. The quantitative estimate of drug-likeness (QED) is 0.254. The Morgan fingerprint density at radius 1 is 1.06 bits per heavy atom. The fourth-order valence-corrected chi connectivity index (χ4v) is 8.30. The summed E-state index contributed by atoms with van der Waals surface area (Å²) < 4.78 is 14.4. The Kier molecular flexibility index (Phi) is 7.16. The molecule has 1 amide bonds. The Balaban J connectivity index is 1.03. The van der Waals surface area contributed by atoms with E-state index >= 15 is 0 Å². The smallest absolute Gasteiger partial charge is 0.251 e. The van der Waals surface area contributed by atoms with Crippen LogP contribution in [0.5, 0.6) is 5.75 Å². The Bertz CT molecular complexity index is 1970. The fraction of sp³-hybridized carbons (Fsp3) is 0.382. The summed E-state index contributed by atoms with van der Waals surface area (Å²) in [5.74, 6) is 3.20. The molecule has 2 aliphatic heterocycles. The Labute approximate surface area is 275 Å². The van der Waals surface area contributed by atoms with Gasteiger partial charge in [-0.25, -0.2) is 15.0 Å². The third-order valence-corrected chi connectivity index (χ3v) is 11.2. The summed E-state index contributed by atoms with van der Waals surface area (Å²) in [6, 6.07) is 8.06. The van der Waals surface area contributed by atoms with Crippen LogP contribution < -0.4 is 15.4 Å². The van der Waals surface area contributed by atoms with Gasteiger partial charge in [0, 0.05) is 46.9 Å². The molecule has 2 unspecified atom stereocenters. The number of benzene rings is 1. The van der Waals surface area contributed by atoms with Gasteiger partial charge in [0.15, 0.2) is 11.7 Å². The van der Waals surface area contributed by atoms with Gasteiger partial charge in [0.25, 0.3) is 5.91 Å². The van der Waals surface area contributed by atoms with Crippen molar-refractivity contribution in [1.29, 1.82) is 0 Å². The van der Waals surface area contributed by atoms with Crippen molar-refractivity contribution in [3.8, 4) is 10.8 Å². The predicted molar refractivity (Wildman–Crippen MR) is 177 cm³/mol. The Morgan fingerprint density at radius 3 is 2.49 bits per heavy atom. The molecule has 47 heavy (non-hydrogen) atoms. The maximum absolute atomic E-state index is 11.4. The Hall–Kier alpha value is -4.91. The molecule has 13 heteroatoms. The van der Waals surface area contributed by atoms with E-state index < -0.39 is 5.91 Å². The highest BCUT2D eigenvalue weighted by molar-refractivity contribution is 7.15. The van der Waals surface area contributed by atoms with Crippen LogP contribution in [0.4, 0.5) is 5.95 Å². The molecule has 1 aromatic carbocycles. The van der Waals surface area contributed by atoms with Gasteiger partial charge < -0.3 is 19.8 Å². The molecule has 1 spiro atoms. The minimum atomic E-state index is -0.521. The molecule has 6 heterocycles. The molecule has 8 rings (SSSR count). The molecule has 240 valence electrons. The van der Waals surface area contributed by atoms with Crippen molar-refractivity contribution in [3.63, 3.8) is 0 Å². The molecule has 4 aromatic heterocycles. The number of anilines is 1. The van der Waals surface area contributed by atoms with Gasteiger partial charge in [-0.05, 0) is 76.3 Å². The highest BCUT2D eigenvalue weighted by Gasteiger charge is 2.50. The fourth-order valence-electron chi connectivity index (χ4n) is 7.09. The monoisotopic (exact) mass is 649 g/mol. The van der Waals surface area contributed by atoms with Crippen molar-refractivity contribution in [3.05, 3.63) is 93.8 Å². The highest BCUT2D eigenvalue weighted by atomic mass is 32.1. The molecule has 5 aromatic rings. The molecule has 12 nitrogen and oxygen atoms in total. The van der Waals surface area contributed by atoms with Gasteiger partial charge in [0.1, 0.15) is 35.0 Å². The number of nitrogens with zero attached hydrogens (tertiary/aromatic N) is 8. The molecule has 1 aliphatic carbocycles. The van der Waals surface area contributed by atoms with E-state index in [9.17, 15) is 4.79 Å². The zero-order valence-electron chi connectivity index (χ0n) is 26.5. The highest BCUT2D eigenvalue weighted by Crippen LogP contribution is 2.51. The number of aliphatic imine (C=N–C) groups is 1. The van der Waals surface area contributed by atoms with Crippen molar-refractivity contribution in [2.45, 2.75) is 65.0 Å². The van der Waals surface area contributed by atoms with Crippen LogP contribution >= 0.6 is 11.3 Å². The van der Waals surface area contributed by atoms with Crippen molar-refractivity contribution >= 4 is 28.9 Å². The minimum Gasteiger partial charge on any atom is -0.490 e. The third-order valence-electron chi connectivity index (χ3n) is 10.0. The number of amides is 1. The second-order valence-electron chi connectivity index (χ2n) is 12.7. The molecule has 0 radical (unpaired) electrons. The van der Waals surface area contributed by atoms with Gasteiger partial charge >= 0.3 is 0 Å². The molecular formula is C34H35N9O3S. The lowest BCUT2D eigenvalue weighted by molar-refractivity contribution is -0.0622. The van der Waals surface area contributed by atoms with Gasteiger partial charge in [-0.2, -0.15) is 0 Å². The zero-order valence-corrected chi connectivity index (χ0v) is 27.3. The second kappa shape index (κ2) is 11.4. The van der Waals surface area contributed by atoms with Gasteiger partial charge in [0.2, 0.25) is 5.95 Å². The minimum absolute atomic E-state index is 0.146. The summed E-state index contributed by atoms with van der Waals surface area (Å²) in [4.78, 5) is 33.3. The number of hydrogen-bond acceptors (Lipinski definition) is 11. The number of aryl methyl sites for hydroxylation is 2. The van der Waals surface area contributed by atoms with Gasteiger partial charge in [-0.15, -0.1) is 21.5 Å². The number of rotatable bonds is 7. The summed E-state index contributed by atoms with van der Waals surface area (Å²) in [5.41, 5.74) is 10.1. The third kappa shape index (κ3) is 5.09. The van der Waals surface area contributed by atoms with Crippen molar-refractivity contribution < 1.29 is 13.9 Å². The lowest BCUT2D eigenvalue weighted by atomic mass is 9.60. The maximum Gasteiger partial charge on any atom is 0.251 e. The van der Waals surface area contributed by atoms with Crippen LogP contribution in [0.15, 0.2) is 58.5 Å². The van der Waals surface area contributed by atoms with Crippen LogP contribution in [0.25, 0.3) is 5.00 Å². The summed E-state index contributed by atoms with van der Waals surface area (Å²) in [5, 5.41) is 10.1. The lowest BCUT2D eigenvalue weighted by Gasteiger charge is -2.53. The lowest BCUT2D eigenvalue weighted by Crippen LogP contribution is -2.54. The van der Waals surface area contributed by atoms with Crippen LogP contribution in [0, 0.1) is 26.2 Å². The number of carbonyl (C=O) groups excluding carboxylic acids is 1. The van der Waals surface area contributed by atoms with E-state index in [0.29, 0.717) is 23.8 Å². The molecule has 1 saturated carbocycles. The number of ether oxygens (including phenoxy) is 1. The normalized spacial score (nSPS) is 19.8. The van der Waals surface area contributed by atoms with E-state index in [-0.39, 0.29) is 17.6 Å². The number of primary amides is 1. The summed E-state index contributed by atoms with van der Waals surface area (Å²) >= 11 is 1.74. The van der Waals surface area contributed by atoms with Gasteiger partial charge in [0.05, 0.1) is 23.9 Å². The first-order valence-electron chi connectivity index (χ1n) is 15.9. The molecule has 2 atom stereocenters. The van der Waals surface area contributed by atoms with E-state index in [1.807, 2.05) is 6.92 Å². The summed E-state index contributed by atoms with van der Waals surface area (Å²) in [6.45, 7) is 7.99. The second-order valence-corrected chi connectivity index (χ2v) is 13.9. The average Bonchev–Trinajstić information content (AvgIpc) is 3.79. The van der Waals surface area contributed by atoms with E-state index in [1.54, 1.807) is 23.8 Å². The first-order chi connectivity index (χ1) is 22.8. The van der Waals surface area contributed by atoms with E-state index in [4.69, 9.17) is 19.9 Å². The van der Waals surface area contributed by atoms with E-state index in [2.05, 4.69) is 72.7 Å². The van der Waals surface area contributed by atoms with Crippen LogP contribution in [-0.2, 0) is 6.42 Å². The zero-order chi connectivity index (χ0) is 32.3. The number of piperidine rings is 1. The molecule has 3 aliphatic rings. The molecular weight excluding hydrogens is 615 g/mol. The molecule has 0 bridgehead atoms. The molecule has 2 fully saturated rings.